The minimum atomic E-state index is 0.495. The van der Waals surface area contributed by atoms with Crippen LogP contribution in [0.1, 0.15) is 5.69 Å². The molecule has 0 saturated carbocycles. The summed E-state index contributed by atoms with van der Waals surface area (Å²) in [5.74, 6) is 1.31. The Kier molecular flexibility index (Phi) is 4.88. The summed E-state index contributed by atoms with van der Waals surface area (Å²) in [6.07, 6.45) is 0. The van der Waals surface area contributed by atoms with Crippen LogP contribution in [0.4, 0.5) is 23.1 Å². The average Bonchev–Trinajstić information content (AvgIpc) is 2.58. The lowest BCUT2D eigenvalue weighted by Crippen LogP contribution is -2.14. The maximum absolute atomic E-state index is 6.06. The standard InChI is InChI=1S/C18H16Cl2N4/c1-12-10-17(22-13-8-9-15(19)16(20)11-13)23-18(21-12)24(2)14-6-4-3-5-7-14/h3-11H,1-2H3,(H,21,22,23). The van der Waals surface area contributed by atoms with Crippen molar-refractivity contribution in [3.05, 3.63) is 70.3 Å². The molecule has 0 bridgehead atoms. The van der Waals surface area contributed by atoms with Gasteiger partial charge in [-0.1, -0.05) is 41.4 Å². The molecule has 6 heteroatoms. The van der Waals surface area contributed by atoms with Gasteiger partial charge in [0.1, 0.15) is 5.82 Å². The number of benzene rings is 2. The van der Waals surface area contributed by atoms with Crippen LogP contribution in [0.3, 0.4) is 0 Å². The second kappa shape index (κ2) is 7.07. The summed E-state index contributed by atoms with van der Waals surface area (Å²) in [7, 11) is 1.94. The molecule has 0 aliphatic carbocycles. The van der Waals surface area contributed by atoms with Crippen molar-refractivity contribution in [3.63, 3.8) is 0 Å². The predicted octanol–water partition coefficient (Wildman–Crippen LogP) is 5.60. The van der Waals surface area contributed by atoms with Gasteiger partial charge in [0, 0.05) is 30.2 Å². The number of rotatable bonds is 4. The number of hydrogen-bond acceptors (Lipinski definition) is 4. The quantitative estimate of drug-likeness (QED) is 0.658. The van der Waals surface area contributed by atoms with Gasteiger partial charge in [0.25, 0.3) is 0 Å². The van der Waals surface area contributed by atoms with E-state index in [0.29, 0.717) is 21.8 Å². The maximum Gasteiger partial charge on any atom is 0.231 e. The third kappa shape index (κ3) is 3.78. The molecule has 0 aliphatic heterocycles. The van der Waals surface area contributed by atoms with Crippen molar-refractivity contribution in [2.24, 2.45) is 0 Å². The SMILES string of the molecule is Cc1cc(Nc2ccc(Cl)c(Cl)c2)nc(N(C)c2ccccc2)n1. The molecule has 0 unspecified atom stereocenters. The van der Waals surface area contributed by atoms with Crippen LogP contribution in [-0.2, 0) is 0 Å². The Morgan fingerprint density at radius 1 is 0.917 bits per heavy atom. The monoisotopic (exact) mass is 358 g/mol. The fourth-order valence-corrected chi connectivity index (χ4v) is 2.55. The van der Waals surface area contributed by atoms with Crippen molar-refractivity contribution in [1.82, 2.24) is 9.97 Å². The van der Waals surface area contributed by atoms with E-state index in [4.69, 9.17) is 23.2 Å². The van der Waals surface area contributed by atoms with Crippen LogP contribution in [0, 0.1) is 6.92 Å². The normalized spacial score (nSPS) is 10.5. The van der Waals surface area contributed by atoms with Crippen LogP contribution in [0.5, 0.6) is 0 Å². The first-order valence-electron chi connectivity index (χ1n) is 7.39. The van der Waals surface area contributed by atoms with E-state index in [1.54, 1.807) is 12.1 Å². The van der Waals surface area contributed by atoms with Gasteiger partial charge in [0.05, 0.1) is 10.0 Å². The molecular weight excluding hydrogens is 343 g/mol. The number of aryl methyl sites for hydroxylation is 1. The Bertz CT molecular complexity index is 853. The summed E-state index contributed by atoms with van der Waals surface area (Å²) in [6, 6.07) is 17.2. The van der Waals surface area contributed by atoms with Crippen molar-refractivity contribution in [2.75, 3.05) is 17.3 Å². The molecule has 0 fully saturated rings. The van der Waals surface area contributed by atoms with E-state index in [-0.39, 0.29) is 0 Å². The predicted molar refractivity (Wildman–Crippen MR) is 101 cm³/mol. The summed E-state index contributed by atoms with van der Waals surface area (Å²) < 4.78 is 0. The number of nitrogens with zero attached hydrogens (tertiary/aromatic N) is 3. The number of para-hydroxylation sites is 1. The van der Waals surface area contributed by atoms with Crippen molar-refractivity contribution in [3.8, 4) is 0 Å². The molecule has 0 aliphatic rings. The second-order valence-corrected chi connectivity index (χ2v) is 6.16. The Hall–Kier alpha value is -2.30. The van der Waals surface area contributed by atoms with Crippen LogP contribution in [0.15, 0.2) is 54.6 Å². The zero-order valence-electron chi connectivity index (χ0n) is 13.3. The highest BCUT2D eigenvalue weighted by molar-refractivity contribution is 6.42. The van der Waals surface area contributed by atoms with Gasteiger partial charge in [-0.3, -0.25) is 0 Å². The number of halogens is 2. The van der Waals surface area contributed by atoms with E-state index in [2.05, 4.69) is 15.3 Å². The fraction of sp³-hybridized carbons (Fsp3) is 0.111. The van der Waals surface area contributed by atoms with E-state index >= 15 is 0 Å². The van der Waals surface area contributed by atoms with Crippen molar-refractivity contribution >= 4 is 46.3 Å². The Morgan fingerprint density at radius 2 is 1.67 bits per heavy atom. The smallest absolute Gasteiger partial charge is 0.231 e. The van der Waals surface area contributed by atoms with Gasteiger partial charge in [-0.05, 0) is 37.3 Å². The van der Waals surface area contributed by atoms with Crippen molar-refractivity contribution < 1.29 is 0 Å². The van der Waals surface area contributed by atoms with E-state index in [0.717, 1.165) is 17.1 Å². The lowest BCUT2D eigenvalue weighted by atomic mass is 10.3. The molecule has 122 valence electrons. The van der Waals surface area contributed by atoms with Gasteiger partial charge in [0.2, 0.25) is 5.95 Å². The molecule has 24 heavy (non-hydrogen) atoms. The molecule has 0 radical (unpaired) electrons. The first-order valence-corrected chi connectivity index (χ1v) is 8.15. The number of anilines is 4. The van der Waals surface area contributed by atoms with Gasteiger partial charge in [-0.15, -0.1) is 0 Å². The molecule has 0 saturated heterocycles. The largest absolute Gasteiger partial charge is 0.340 e. The average molecular weight is 359 g/mol. The molecule has 2 aromatic carbocycles. The van der Waals surface area contributed by atoms with Gasteiger partial charge in [-0.2, -0.15) is 4.98 Å². The lowest BCUT2D eigenvalue weighted by molar-refractivity contribution is 1.02. The van der Waals surface area contributed by atoms with Gasteiger partial charge >= 0.3 is 0 Å². The maximum atomic E-state index is 6.06. The summed E-state index contributed by atoms with van der Waals surface area (Å²) in [6.45, 7) is 1.93. The molecule has 1 aromatic heterocycles. The highest BCUT2D eigenvalue weighted by atomic mass is 35.5. The topological polar surface area (TPSA) is 41.1 Å². The second-order valence-electron chi connectivity index (χ2n) is 5.34. The fourth-order valence-electron chi connectivity index (χ4n) is 2.26. The summed E-state index contributed by atoms with van der Waals surface area (Å²) in [4.78, 5) is 11.0. The van der Waals surface area contributed by atoms with E-state index in [9.17, 15) is 0 Å². The van der Waals surface area contributed by atoms with Crippen LogP contribution >= 0.6 is 23.2 Å². The number of aromatic nitrogens is 2. The molecule has 0 amide bonds. The molecular formula is C18H16Cl2N4. The Balaban J connectivity index is 1.90. The first kappa shape index (κ1) is 16.6. The molecule has 0 atom stereocenters. The van der Waals surface area contributed by atoms with Crippen LogP contribution < -0.4 is 10.2 Å². The lowest BCUT2D eigenvalue weighted by Gasteiger charge is -2.18. The third-order valence-electron chi connectivity index (χ3n) is 3.48. The van der Waals surface area contributed by atoms with E-state index in [1.165, 1.54) is 0 Å². The third-order valence-corrected chi connectivity index (χ3v) is 4.22. The molecule has 4 nitrogen and oxygen atoms in total. The highest BCUT2D eigenvalue weighted by Crippen LogP contribution is 2.27. The van der Waals surface area contributed by atoms with Crippen LogP contribution in [0.25, 0.3) is 0 Å². The Labute approximate surface area is 151 Å². The summed E-state index contributed by atoms with van der Waals surface area (Å²) in [5.41, 5.74) is 2.70. The van der Waals surface area contributed by atoms with Crippen LogP contribution in [0.2, 0.25) is 10.0 Å². The highest BCUT2D eigenvalue weighted by Gasteiger charge is 2.10. The van der Waals surface area contributed by atoms with Crippen molar-refractivity contribution in [2.45, 2.75) is 6.92 Å². The van der Waals surface area contributed by atoms with Gasteiger partial charge in [0.15, 0.2) is 0 Å². The molecule has 3 aromatic rings. The number of nitrogens with one attached hydrogen (secondary N) is 1. The minimum Gasteiger partial charge on any atom is -0.340 e. The molecule has 1 N–H and O–H groups in total. The Morgan fingerprint density at radius 3 is 2.38 bits per heavy atom. The summed E-state index contributed by atoms with van der Waals surface area (Å²) in [5, 5.41) is 4.25. The zero-order valence-corrected chi connectivity index (χ0v) is 14.8. The minimum absolute atomic E-state index is 0.495. The van der Waals surface area contributed by atoms with Crippen molar-refractivity contribution in [1.29, 1.82) is 0 Å². The van der Waals surface area contributed by atoms with Gasteiger partial charge in [-0.25, -0.2) is 4.98 Å². The van der Waals surface area contributed by atoms with Gasteiger partial charge < -0.3 is 10.2 Å². The molecule has 1 heterocycles. The first-order chi connectivity index (χ1) is 11.5. The van der Waals surface area contributed by atoms with E-state index in [1.807, 2.05) is 61.3 Å². The zero-order chi connectivity index (χ0) is 17.1. The number of hydrogen-bond donors (Lipinski definition) is 1. The summed E-state index contributed by atoms with van der Waals surface area (Å²) >= 11 is 12.0. The molecule has 3 rings (SSSR count). The molecule has 0 spiro atoms. The van der Waals surface area contributed by atoms with Crippen LogP contribution in [-0.4, -0.2) is 17.0 Å². The van der Waals surface area contributed by atoms with E-state index < -0.39 is 0 Å².